The molecule has 0 radical (unpaired) electrons. The second-order valence-electron chi connectivity index (χ2n) is 7.08. The molecule has 1 aliphatic heterocycles. The highest BCUT2D eigenvalue weighted by Gasteiger charge is 2.26. The summed E-state index contributed by atoms with van der Waals surface area (Å²) < 4.78 is 10.7. The van der Waals surface area contributed by atoms with Crippen LogP contribution in [0, 0.1) is 5.92 Å². The molecule has 2 N–H and O–H groups in total. The molecule has 1 fully saturated rings. The number of ether oxygens (including phenoxy) is 2. The van der Waals surface area contributed by atoms with Crippen LogP contribution < -0.4 is 15.4 Å². The van der Waals surface area contributed by atoms with Gasteiger partial charge in [-0.3, -0.25) is 4.90 Å². The fourth-order valence-corrected chi connectivity index (χ4v) is 3.67. The molecule has 158 valence electrons. The third-order valence-electron chi connectivity index (χ3n) is 5.36. The van der Waals surface area contributed by atoms with Gasteiger partial charge in [-0.15, -0.1) is 0 Å². The van der Waals surface area contributed by atoms with Crippen molar-refractivity contribution in [2.45, 2.75) is 46.2 Å². The minimum absolute atomic E-state index is 0.491. The summed E-state index contributed by atoms with van der Waals surface area (Å²) in [7, 11) is 1.62. The first kappa shape index (κ1) is 22.4. The Bertz CT molecular complexity index is 569. The first-order chi connectivity index (χ1) is 13.7. The van der Waals surface area contributed by atoms with Gasteiger partial charge in [0, 0.05) is 44.5 Å². The molecule has 1 unspecified atom stereocenters. The summed E-state index contributed by atoms with van der Waals surface area (Å²) in [6.07, 6.45) is 4.18. The third kappa shape index (κ3) is 6.95. The van der Waals surface area contributed by atoms with E-state index >= 15 is 0 Å². The van der Waals surface area contributed by atoms with Crippen LogP contribution in [0.3, 0.4) is 0 Å². The summed E-state index contributed by atoms with van der Waals surface area (Å²) >= 11 is 0. The van der Waals surface area contributed by atoms with Crippen LogP contribution in [0.15, 0.2) is 23.3 Å². The monoisotopic (exact) mass is 391 g/mol. The fourth-order valence-electron chi connectivity index (χ4n) is 3.67. The zero-order valence-electron chi connectivity index (χ0n) is 17.9. The number of guanidine groups is 1. The van der Waals surface area contributed by atoms with E-state index in [1.54, 1.807) is 7.11 Å². The zero-order valence-corrected chi connectivity index (χ0v) is 17.9. The Morgan fingerprint density at radius 1 is 1.21 bits per heavy atom. The van der Waals surface area contributed by atoms with Crippen LogP contribution >= 0.6 is 0 Å². The predicted molar refractivity (Wildman–Crippen MR) is 114 cm³/mol. The quantitative estimate of drug-likeness (QED) is 0.471. The second kappa shape index (κ2) is 12.6. The van der Waals surface area contributed by atoms with E-state index in [2.05, 4.69) is 41.3 Å². The Morgan fingerprint density at radius 2 is 1.96 bits per heavy atom. The molecule has 0 aliphatic carbocycles. The molecule has 0 saturated carbocycles. The molecule has 1 aromatic heterocycles. The van der Waals surface area contributed by atoms with E-state index < -0.39 is 0 Å². The van der Waals surface area contributed by atoms with E-state index in [-0.39, 0.29) is 0 Å². The van der Waals surface area contributed by atoms with Gasteiger partial charge in [0.2, 0.25) is 5.88 Å². The van der Waals surface area contributed by atoms with Gasteiger partial charge in [0.25, 0.3) is 0 Å². The van der Waals surface area contributed by atoms with Gasteiger partial charge in [-0.25, -0.2) is 9.98 Å². The van der Waals surface area contributed by atoms with Crippen molar-refractivity contribution in [1.29, 1.82) is 0 Å². The lowest BCUT2D eigenvalue weighted by atomic mass is 9.92. The largest absolute Gasteiger partial charge is 0.481 e. The number of hydrogen-bond acceptors (Lipinski definition) is 5. The molecule has 1 atom stereocenters. The molecule has 0 aromatic carbocycles. The number of hydrogen-bond donors (Lipinski definition) is 2. The first-order valence-corrected chi connectivity index (χ1v) is 10.5. The molecule has 2 rings (SSSR count). The van der Waals surface area contributed by atoms with E-state index in [1.165, 1.54) is 12.8 Å². The predicted octanol–water partition coefficient (Wildman–Crippen LogP) is 2.28. The molecule has 0 amide bonds. The first-order valence-electron chi connectivity index (χ1n) is 10.5. The molecule has 7 nitrogen and oxygen atoms in total. The lowest BCUT2D eigenvalue weighted by Gasteiger charge is -2.39. The van der Waals surface area contributed by atoms with Gasteiger partial charge in [0.1, 0.15) is 0 Å². The highest BCUT2D eigenvalue weighted by Crippen LogP contribution is 2.19. The normalized spacial score (nSPS) is 16.8. The van der Waals surface area contributed by atoms with E-state index in [4.69, 9.17) is 14.5 Å². The maximum atomic E-state index is 5.55. The number of nitrogens with one attached hydrogen (secondary N) is 2. The summed E-state index contributed by atoms with van der Waals surface area (Å²) in [4.78, 5) is 11.6. The van der Waals surface area contributed by atoms with Crippen molar-refractivity contribution >= 4 is 5.96 Å². The van der Waals surface area contributed by atoms with Crippen molar-refractivity contribution in [1.82, 2.24) is 20.5 Å². The number of aromatic nitrogens is 1. The average Bonchev–Trinajstić information content (AvgIpc) is 2.75. The Labute approximate surface area is 169 Å². The maximum Gasteiger partial charge on any atom is 0.212 e. The SMILES string of the molecule is CCNC(=NCc1ccc(OC)nc1)NCC(C(CC)CC)N1CCOCC1. The molecule has 0 bridgehead atoms. The van der Waals surface area contributed by atoms with Crippen molar-refractivity contribution in [3.05, 3.63) is 23.9 Å². The van der Waals surface area contributed by atoms with Crippen molar-refractivity contribution in [2.75, 3.05) is 46.5 Å². The van der Waals surface area contributed by atoms with Crippen molar-refractivity contribution in [3.63, 3.8) is 0 Å². The van der Waals surface area contributed by atoms with E-state index in [0.717, 1.165) is 50.9 Å². The smallest absolute Gasteiger partial charge is 0.212 e. The third-order valence-corrected chi connectivity index (χ3v) is 5.36. The molecule has 0 spiro atoms. The Balaban J connectivity index is 2.00. The molecule has 1 aromatic rings. The van der Waals surface area contributed by atoms with Crippen LogP contribution in [-0.2, 0) is 11.3 Å². The summed E-state index contributed by atoms with van der Waals surface area (Å²) in [6.45, 7) is 12.6. The zero-order chi connectivity index (χ0) is 20.2. The Hall–Kier alpha value is -1.86. The summed E-state index contributed by atoms with van der Waals surface area (Å²) in [5, 5.41) is 6.93. The van der Waals surface area contributed by atoms with Crippen LogP contribution in [0.25, 0.3) is 0 Å². The number of methoxy groups -OCH3 is 1. The molecule has 1 aliphatic rings. The highest BCUT2D eigenvalue weighted by atomic mass is 16.5. The summed E-state index contributed by atoms with van der Waals surface area (Å²) in [6, 6.07) is 4.36. The van der Waals surface area contributed by atoms with Gasteiger partial charge in [-0.05, 0) is 18.4 Å². The number of pyridine rings is 1. The lowest BCUT2D eigenvalue weighted by Crippen LogP contribution is -2.53. The van der Waals surface area contributed by atoms with Crippen LogP contribution in [0.2, 0.25) is 0 Å². The lowest BCUT2D eigenvalue weighted by molar-refractivity contribution is 0.00272. The minimum atomic E-state index is 0.491. The summed E-state index contributed by atoms with van der Waals surface area (Å²) in [5.74, 6) is 2.14. The molecule has 28 heavy (non-hydrogen) atoms. The van der Waals surface area contributed by atoms with Crippen molar-refractivity contribution in [2.24, 2.45) is 10.9 Å². The van der Waals surface area contributed by atoms with Crippen LogP contribution in [0.4, 0.5) is 0 Å². The molecular formula is C21H37N5O2. The molecular weight excluding hydrogens is 354 g/mol. The minimum Gasteiger partial charge on any atom is -0.481 e. The van der Waals surface area contributed by atoms with E-state index in [1.807, 2.05) is 18.3 Å². The molecule has 2 heterocycles. The van der Waals surface area contributed by atoms with Gasteiger partial charge in [-0.2, -0.15) is 0 Å². The average molecular weight is 392 g/mol. The fraction of sp³-hybridized carbons (Fsp3) is 0.714. The van der Waals surface area contributed by atoms with Gasteiger partial charge < -0.3 is 20.1 Å². The van der Waals surface area contributed by atoms with Crippen LogP contribution in [0.5, 0.6) is 5.88 Å². The number of rotatable bonds is 10. The van der Waals surface area contributed by atoms with Gasteiger partial charge in [0.05, 0.1) is 26.9 Å². The maximum absolute atomic E-state index is 5.55. The van der Waals surface area contributed by atoms with Crippen LogP contribution in [-0.4, -0.2) is 68.4 Å². The van der Waals surface area contributed by atoms with Gasteiger partial charge in [-0.1, -0.05) is 32.8 Å². The van der Waals surface area contributed by atoms with Crippen LogP contribution in [0.1, 0.15) is 39.2 Å². The molecule has 7 heteroatoms. The van der Waals surface area contributed by atoms with Gasteiger partial charge >= 0.3 is 0 Å². The number of nitrogens with zero attached hydrogens (tertiary/aromatic N) is 3. The summed E-state index contributed by atoms with van der Waals surface area (Å²) in [5.41, 5.74) is 1.06. The highest BCUT2D eigenvalue weighted by molar-refractivity contribution is 5.79. The topological polar surface area (TPSA) is 71.0 Å². The molecule has 1 saturated heterocycles. The standard InChI is InChI=1S/C21H37N5O2/c1-5-18(6-2)19(26-10-12-28-13-11-26)16-25-21(22-7-3)24-15-17-8-9-20(27-4)23-14-17/h8-9,14,18-19H,5-7,10-13,15-16H2,1-4H3,(H2,22,24,25). The number of aliphatic imine (C=N–C) groups is 1. The number of morpholine rings is 1. The second-order valence-corrected chi connectivity index (χ2v) is 7.08. The Kier molecular flexibility index (Phi) is 10.1. The van der Waals surface area contributed by atoms with E-state index in [0.29, 0.717) is 24.4 Å². The van der Waals surface area contributed by atoms with Crippen molar-refractivity contribution in [3.8, 4) is 5.88 Å². The Morgan fingerprint density at radius 3 is 2.54 bits per heavy atom. The van der Waals surface area contributed by atoms with Gasteiger partial charge in [0.15, 0.2) is 5.96 Å². The van der Waals surface area contributed by atoms with Crippen molar-refractivity contribution < 1.29 is 9.47 Å². The van der Waals surface area contributed by atoms with E-state index in [9.17, 15) is 0 Å².